The number of para-hydroxylation sites is 1. The minimum absolute atomic E-state index is 0.134. The molecule has 0 atom stereocenters. The van der Waals surface area contributed by atoms with Crippen LogP contribution in [0.25, 0.3) is 0 Å². The highest BCUT2D eigenvalue weighted by Gasteiger charge is 2.15. The van der Waals surface area contributed by atoms with Gasteiger partial charge in [-0.15, -0.1) is 0 Å². The average molecular weight is 295 g/mol. The van der Waals surface area contributed by atoms with Gasteiger partial charge in [-0.05, 0) is 18.6 Å². The molecular formula is C15H21NO5. The van der Waals surface area contributed by atoms with E-state index in [1.165, 1.54) is 4.90 Å². The number of carboxylic acids is 1. The van der Waals surface area contributed by atoms with Crippen LogP contribution < -0.4 is 4.74 Å². The van der Waals surface area contributed by atoms with E-state index in [4.69, 9.17) is 14.6 Å². The first-order valence-corrected chi connectivity index (χ1v) is 6.88. The lowest BCUT2D eigenvalue weighted by Crippen LogP contribution is -2.38. The summed E-state index contributed by atoms with van der Waals surface area (Å²) in [4.78, 5) is 23.7. The summed E-state index contributed by atoms with van der Waals surface area (Å²) in [5, 5.41) is 8.74. The molecule has 1 rings (SSSR count). The van der Waals surface area contributed by atoms with Crippen molar-refractivity contribution in [2.24, 2.45) is 0 Å². The van der Waals surface area contributed by atoms with Crippen LogP contribution in [-0.2, 0) is 14.3 Å². The molecule has 0 unspecified atom stereocenters. The van der Waals surface area contributed by atoms with E-state index >= 15 is 0 Å². The number of carbonyl (C=O) groups is 2. The van der Waals surface area contributed by atoms with Gasteiger partial charge in [0.2, 0.25) is 5.91 Å². The van der Waals surface area contributed by atoms with Crippen molar-refractivity contribution in [3.63, 3.8) is 0 Å². The third-order valence-electron chi connectivity index (χ3n) is 2.64. The molecule has 0 aromatic heterocycles. The SMILES string of the molecule is CCCN(CC(=O)O)C(=O)COCCOc1ccccc1. The van der Waals surface area contributed by atoms with Crippen LogP contribution in [0.15, 0.2) is 30.3 Å². The second-order valence-corrected chi connectivity index (χ2v) is 4.42. The van der Waals surface area contributed by atoms with E-state index < -0.39 is 5.97 Å². The molecule has 0 bridgehead atoms. The van der Waals surface area contributed by atoms with Crippen LogP contribution in [0.2, 0.25) is 0 Å². The van der Waals surface area contributed by atoms with E-state index in [1.807, 2.05) is 37.3 Å². The maximum atomic E-state index is 11.8. The molecule has 1 N–H and O–H groups in total. The third kappa shape index (κ3) is 7.31. The van der Waals surface area contributed by atoms with Gasteiger partial charge in [0.05, 0.1) is 6.61 Å². The van der Waals surface area contributed by atoms with E-state index in [0.29, 0.717) is 19.6 Å². The van der Waals surface area contributed by atoms with Gasteiger partial charge in [-0.1, -0.05) is 25.1 Å². The molecular weight excluding hydrogens is 274 g/mol. The summed E-state index contributed by atoms with van der Waals surface area (Å²) in [6.45, 7) is 2.48. The summed E-state index contributed by atoms with van der Waals surface area (Å²) >= 11 is 0. The first kappa shape index (κ1) is 17.0. The Morgan fingerprint density at radius 2 is 1.90 bits per heavy atom. The number of aliphatic carboxylic acids is 1. The molecule has 1 aromatic rings. The molecule has 1 aromatic carbocycles. The Morgan fingerprint density at radius 1 is 1.19 bits per heavy atom. The van der Waals surface area contributed by atoms with Crippen LogP contribution in [0.4, 0.5) is 0 Å². The van der Waals surface area contributed by atoms with Gasteiger partial charge in [0.1, 0.15) is 25.5 Å². The number of ether oxygens (including phenoxy) is 2. The Labute approximate surface area is 124 Å². The van der Waals surface area contributed by atoms with Crippen molar-refractivity contribution >= 4 is 11.9 Å². The zero-order valence-electron chi connectivity index (χ0n) is 12.2. The largest absolute Gasteiger partial charge is 0.491 e. The highest BCUT2D eigenvalue weighted by molar-refractivity contribution is 5.82. The molecule has 6 heteroatoms. The summed E-state index contributed by atoms with van der Waals surface area (Å²) in [6.07, 6.45) is 0.705. The average Bonchev–Trinajstić information content (AvgIpc) is 2.47. The fourth-order valence-corrected chi connectivity index (χ4v) is 1.71. The summed E-state index contributed by atoms with van der Waals surface area (Å²) in [5.41, 5.74) is 0. The summed E-state index contributed by atoms with van der Waals surface area (Å²) in [7, 11) is 0. The van der Waals surface area contributed by atoms with Crippen LogP contribution in [0.1, 0.15) is 13.3 Å². The van der Waals surface area contributed by atoms with Crippen molar-refractivity contribution in [1.82, 2.24) is 4.90 Å². The molecule has 0 aliphatic rings. The summed E-state index contributed by atoms with van der Waals surface area (Å²) in [6, 6.07) is 9.30. The predicted octanol–water partition coefficient (Wildman–Crippen LogP) is 1.41. The van der Waals surface area contributed by atoms with Gasteiger partial charge in [-0.2, -0.15) is 0 Å². The minimum Gasteiger partial charge on any atom is -0.491 e. The molecule has 0 saturated carbocycles. The Kier molecular flexibility index (Phi) is 7.89. The second kappa shape index (κ2) is 9.77. The maximum absolute atomic E-state index is 11.8. The van der Waals surface area contributed by atoms with Crippen LogP contribution in [-0.4, -0.2) is 54.8 Å². The quantitative estimate of drug-likeness (QED) is 0.660. The van der Waals surface area contributed by atoms with Gasteiger partial charge in [-0.25, -0.2) is 0 Å². The highest BCUT2D eigenvalue weighted by Crippen LogP contribution is 2.07. The topological polar surface area (TPSA) is 76.1 Å². The fourth-order valence-electron chi connectivity index (χ4n) is 1.71. The minimum atomic E-state index is -1.02. The molecule has 116 valence electrons. The Morgan fingerprint density at radius 3 is 2.52 bits per heavy atom. The zero-order chi connectivity index (χ0) is 15.5. The van der Waals surface area contributed by atoms with E-state index in [1.54, 1.807) is 0 Å². The van der Waals surface area contributed by atoms with Crippen molar-refractivity contribution in [2.75, 3.05) is 32.9 Å². The molecule has 6 nitrogen and oxygen atoms in total. The number of hydrogen-bond donors (Lipinski definition) is 1. The molecule has 0 fully saturated rings. The van der Waals surface area contributed by atoms with E-state index in [9.17, 15) is 9.59 Å². The lowest BCUT2D eigenvalue weighted by atomic mass is 10.3. The Hall–Kier alpha value is -2.08. The predicted molar refractivity (Wildman–Crippen MR) is 77.3 cm³/mol. The molecule has 1 amide bonds. The molecule has 0 aliphatic heterocycles. The molecule has 0 radical (unpaired) electrons. The number of rotatable bonds is 10. The van der Waals surface area contributed by atoms with Crippen LogP contribution in [0, 0.1) is 0 Å². The second-order valence-electron chi connectivity index (χ2n) is 4.42. The molecule has 21 heavy (non-hydrogen) atoms. The standard InChI is InChI=1S/C15H21NO5/c1-2-8-16(11-15(18)19)14(17)12-20-9-10-21-13-6-4-3-5-7-13/h3-7H,2,8-12H2,1H3,(H,18,19). The normalized spacial score (nSPS) is 10.1. The number of nitrogens with zero attached hydrogens (tertiary/aromatic N) is 1. The van der Waals surface area contributed by atoms with Crippen molar-refractivity contribution in [1.29, 1.82) is 0 Å². The molecule has 0 spiro atoms. The number of carboxylic acid groups (broad SMARTS) is 1. The van der Waals surface area contributed by atoms with Gasteiger partial charge in [0, 0.05) is 6.54 Å². The van der Waals surface area contributed by atoms with E-state index in [0.717, 1.165) is 5.75 Å². The third-order valence-corrected chi connectivity index (χ3v) is 2.64. The Bertz CT molecular complexity index is 435. The lowest BCUT2D eigenvalue weighted by Gasteiger charge is -2.19. The monoisotopic (exact) mass is 295 g/mol. The highest BCUT2D eigenvalue weighted by atomic mass is 16.5. The van der Waals surface area contributed by atoms with Gasteiger partial charge >= 0.3 is 5.97 Å². The number of carbonyl (C=O) groups excluding carboxylic acids is 1. The van der Waals surface area contributed by atoms with Crippen LogP contribution in [0.5, 0.6) is 5.75 Å². The fraction of sp³-hybridized carbons (Fsp3) is 0.467. The van der Waals surface area contributed by atoms with E-state index in [2.05, 4.69) is 0 Å². The van der Waals surface area contributed by atoms with Gasteiger partial charge in [-0.3, -0.25) is 9.59 Å². The summed E-state index contributed by atoms with van der Waals surface area (Å²) in [5.74, 6) is -0.603. The van der Waals surface area contributed by atoms with Crippen LogP contribution >= 0.6 is 0 Å². The van der Waals surface area contributed by atoms with Crippen LogP contribution in [0.3, 0.4) is 0 Å². The number of benzene rings is 1. The maximum Gasteiger partial charge on any atom is 0.323 e. The van der Waals surface area contributed by atoms with E-state index in [-0.39, 0.29) is 25.7 Å². The molecule has 0 aliphatic carbocycles. The van der Waals surface area contributed by atoms with Crippen molar-refractivity contribution in [2.45, 2.75) is 13.3 Å². The zero-order valence-corrected chi connectivity index (χ0v) is 12.2. The lowest BCUT2D eigenvalue weighted by molar-refractivity contribution is -0.146. The van der Waals surface area contributed by atoms with Gasteiger partial charge in [0.15, 0.2) is 0 Å². The first-order valence-electron chi connectivity index (χ1n) is 6.88. The van der Waals surface area contributed by atoms with Crippen molar-refractivity contribution in [3.8, 4) is 5.75 Å². The first-order chi connectivity index (χ1) is 10.1. The summed E-state index contributed by atoms with van der Waals surface area (Å²) < 4.78 is 10.6. The van der Waals surface area contributed by atoms with Gasteiger partial charge < -0.3 is 19.5 Å². The molecule has 0 heterocycles. The number of amides is 1. The Balaban J connectivity index is 2.20. The smallest absolute Gasteiger partial charge is 0.323 e. The number of hydrogen-bond acceptors (Lipinski definition) is 4. The van der Waals surface area contributed by atoms with Crippen molar-refractivity contribution < 1.29 is 24.2 Å². The molecule has 0 saturated heterocycles. The van der Waals surface area contributed by atoms with Gasteiger partial charge in [0.25, 0.3) is 0 Å². The van der Waals surface area contributed by atoms with Crippen molar-refractivity contribution in [3.05, 3.63) is 30.3 Å².